The Labute approximate surface area is 147 Å². The number of aliphatic hydroxyl groups is 1. The van der Waals surface area contributed by atoms with E-state index in [1.165, 1.54) is 12.1 Å². The third kappa shape index (κ3) is 1.97. The van der Waals surface area contributed by atoms with Gasteiger partial charge >= 0.3 is 5.97 Å². The summed E-state index contributed by atoms with van der Waals surface area (Å²) in [4.78, 5) is 11.3. The Kier molecular flexibility index (Phi) is 3.34. The van der Waals surface area contributed by atoms with E-state index in [1.54, 1.807) is 12.1 Å². The average molecular weight is 381 g/mol. The van der Waals surface area contributed by atoms with E-state index in [9.17, 15) is 15.0 Å². The molecule has 0 spiro atoms. The molecule has 2 N–H and O–H groups in total. The molecule has 4 heteroatoms. The number of aromatic carboxylic acids is 1. The van der Waals surface area contributed by atoms with Gasteiger partial charge in [-0.25, -0.2) is 4.79 Å². The highest BCUT2D eigenvalue weighted by Crippen LogP contribution is 2.60. The number of carbonyl (C=O) groups is 1. The van der Waals surface area contributed by atoms with Crippen LogP contribution in [0.25, 0.3) is 5.57 Å². The SMILES string of the molecule is O=C(O)c1cccc(C2(O)c3ccc(-c4ccccc4)c2c3Br)c1. The Hall–Kier alpha value is -2.43. The molecule has 2 bridgehead atoms. The van der Waals surface area contributed by atoms with Crippen LogP contribution in [0.2, 0.25) is 0 Å². The zero-order valence-corrected chi connectivity index (χ0v) is 14.1. The highest BCUT2D eigenvalue weighted by Gasteiger charge is 2.52. The second-order valence-electron chi connectivity index (χ2n) is 5.81. The summed E-state index contributed by atoms with van der Waals surface area (Å²) in [5, 5.41) is 20.6. The van der Waals surface area contributed by atoms with Crippen molar-refractivity contribution in [3.63, 3.8) is 0 Å². The number of benzene rings is 2. The van der Waals surface area contributed by atoms with Gasteiger partial charge in [0.25, 0.3) is 0 Å². The van der Waals surface area contributed by atoms with Crippen LogP contribution in [0.3, 0.4) is 0 Å². The molecule has 0 aromatic heterocycles. The average Bonchev–Trinajstić information content (AvgIpc) is 2.62. The maximum absolute atomic E-state index is 11.4. The van der Waals surface area contributed by atoms with E-state index in [4.69, 9.17) is 0 Å². The van der Waals surface area contributed by atoms with Crippen molar-refractivity contribution in [3.05, 3.63) is 99.1 Å². The molecule has 0 aliphatic heterocycles. The highest BCUT2D eigenvalue weighted by atomic mass is 79.9. The number of allylic oxidation sites excluding steroid dienone is 2. The van der Waals surface area contributed by atoms with Crippen molar-refractivity contribution in [2.24, 2.45) is 0 Å². The molecule has 0 saturated carbocycles. The summed E-state index contributed by atoms with van der Waals surface area (Å²) < 4.78 is 0.868. The second-order valence-corrected chi connectivity index (χ2v) is 6.61. The minimum atomic E-state index is -1.29. The molecule has 2 aliphatic carbocycles. The van der Waals surface area contributed by atoms with E-state index in [0.29, 0.717) is 5.56 Å². The van der Waals surface area contributed by atoms with Gasteiger partial charge in [-0.05, 0) is 44.8 Å². The number of halogens is 1. The number of hydrogen-bond acceptors (Lipinski definition) is 2. The third-order valence-corrected chi connectivity index (χ3v) is 5.33. The lowest BCUT2D eigenvalue weighted by Crippen LogP contribution is -2.41. The molecule has 0 saturated heterocycles. The minimum absolute atomic E-state index is 0.161. The van der Waals surface area contributed by atoms with Crippen LogP contribution in [-0.4, -0.2) is 16.2 Å². The summed E-state index contributed by atoms with van der Waals surface area (Å²) in [7, 11) is 0. The minimum Gasteiger partial charge on any atom is -0.478 e. The Bertz CT molecular complexity index is 954. The Morgan fingerprint density at radius 1 is 1.00 bits per heavy atom. The van der Waals surface area contributed by atoms with E-state index in [-0.39, 0.29) is 5.56 Å². The lowest BCUT2D eigenvalue weighted by Gasteiger charge is -2.46. The largest absolute Gasteiger partial charge is 0.478 e. The second kappa shape index (κ2) is 5.30. The molecule has 118 valence electrons. The molecule has 24 heavy (non-hydrogen) atoms. The van der Waals surface area contributed by atoms with E-state index < -0.39 is 11.6 Å². The van der Waals surface area contributed by atoms with Gasteiger partial charge in [0.2, 0.25) is 0 Å². The van der Waals surface area contributed by atoms with Gasteiger partial charge in [0.1, 0.15) is 5.60 Å². The fourth-order valence-corrected chi connectivity index (χ4v) is 4.24. The van der Waals surface area contributed by atoms with Crippen molar-refractivity contribution in [2.45, 2.75) is 5.60 Å². The van der Waals surface area contributed by atoms with Gasteiger partial charge < -0.3 is 10.2 Å². The molecule has 0 heterocycles. The van der Waals surface area contributed by atoms with Crippen LogP contribution < -0.4 is 0 Å². The lowest BCUT2D eigenvalue weighted by molar-refractivity contribution is 0.0696. The van der Waals surface area contributed by atoms with Crippen molar-refractivity contribution in [1.29, 1.82) is 0 Å². The van der Waals surface area contributed by atoms with Crippen LogP contribution >= 0.6 is 15.9 Å². The highest BCUT2D eigenvalue weighted by molar-refractivity contribution is 9.12. The predicted octanol–water partition coefficient (Wildman–Crippen LogP) is 4.26. The van der Waals surface area contributed by atoms with E-state index >= 15 is 0 Å². The van der Waals surface area contributed by atoms with Crippen molar-refractivity contribution in [1.82, 2.24) is 0 Å². The monoisotopic (exact) mass is 380 g/mol. The first-order chi connectivity index (χ1) is 11.5. The van der Waals surface area contributed by atoms with Gasteiger partial charge in [-0.1, -0.05) is 54.6 Å². The topological polar surface area (TPSA) is 57.5 Å². The van der Waals surface area contributed by atoms with Gasteiger partial charge in [0.15, 0.2) is 0 Å². The van der Waals surface area contributed by atoms with Crippen molar-refractivity contribution >= 4 is 27.5 Å². The standard InChI is InChI=1S/C20H13BrO3/c21-18-16-10-9-15(12-5-2-1-3-6-12)17(18)20(16,24)14-8-4-7-13(11-14)19(22)23/h1-11,24H,(H,22,23). The number of fused-ring (bicyclic) bond motifs is 2. The molecular formula is C20H13BrO3. The van der Waals surface area contributed by atoms with Crippen LogP contribution in [-0.2, 0) is 5.60 Å². The molecular weight excluding hydrogens is 368 g/mol. The Morgan fingerprint density at radius 3 is 2.42 bits per heavy atom. The number of hydrogen-bond donors (Lipinski definition) is 2. The summed E-state index contributed by atoms with van der Waals surface area (Å²) in [6, 6.07) is 16.3. The first kappa shape index (κ1) is 15.1. The normalized spacial score (nSPS) is 21.8. The molecule has 0 amide bonds. The number of carboxylic acid groups (broad SMARTS) is 1. The quantitative estimate of drug-likeness (QED) is 0.836. The smallest absolute Gasteiger partial charge is 0.335 e. The van der Waals surface area contributed by atoms with Crippen LogP contribution in [0.4, 0.5) is 0 Å². The molecule has 2 aromatic carbocycles. The zero-order chi connectivity index (χ0) is 16.9. The van der Waals surface area contributed by atoms with E-state index in [1.807, 2.05) is 42.5 Å². The van der Waals surface area contributed by atoms with Gasteiger partial charge in [-0.2, -0.15) is 0 Å². The summed E-state index contributed by atoms with van der Waals surface area (Å²) in [6.45, 7) is 0. The third-order valence-electron chi connectivity index (χ3n) is 4.51. The summed E-state index contributed by atoms with van der Waals surface area (Å²) in [6.07, 6.45) is 3.87. The van der Waals surface area contributed by atoms with Gasteiger partial charge in [0, 0.05) is 15.6 Å². The first-order valence-electron chi connectivity index (χ1n) is 7.48. The van der Waals surface area contributed by atoms with Crippen LogP contribution in [0.1, 0.15) is 21.5 Å². The Morgan fingerprint density at radius 2 is 1.75 bits per heavy atom. The molecule has 0 radical (unpaired) electrons. The molecule has 2 aliphatic rings. The van der Waals surface area contributed by atoms with Crippen molar-refractivity contribution in [3.8, 4) is 0 Å². The van der Waals surface area contributed by atoms with Crippen molar-refractivity contribution in [2.75, 3.05) is 0 Å². The maximum atomic E-state index is 11.4. The van der Waals surface area contributed by atoms with Crippen molar-refractivity contribution < 1.29 is 15.0 Å². The fourth-order valence-electron chi connectivity index (χ4n) is 3.32. The molecule has 0 fully saturated rings. The molecule has 4 rings (SSSR count). The lowest BCUT2D eigenvalue weighted by atomic mass is 9.64. The zero-order valence-electron chi connectivity index (χ0n) is 12.5. The number of carboxylic acids is 1. The van der Waals surface area contributed by atoms with Crippen LogP contribution in [0, 0.1) is 0 Å². The van der Waals surface area contributed by atoms with E-state index in [0.717, 1.165) is 26.8 Å². The predicted molar refractivity (Wildman–Crippen MR) is 95.8 cm³/mol. The van der Waals surface area contributed by atoms with Gasteiger partial charge in [-0.3, -0.25) is 0 Å². The molecule has 1 atom stereocenters. The molecule has 1 unspecified atom stereocenters. The maximum Gasteiger partial charge on any atom is 0.335 e. The fraction of sp³-hybridized carbons (Fsp3) is 0.0500. The van der Waals surface area contributed by atoms with Crippen LogP contribution in [0.15, 0.2) is 82.4 Å². The van der Waals surface area contributed by atoms with E-state index in [2.05, 4.69) is 15.9 Å². The Balaban J connectivity index is 1.85. The number of rotatable bonds is 3. The van der Waals surface area contributed by atoms with Gasteiger partial charge in [0.05, 0.1) is 5.56 Å². The van der Waals surface area contributed by atoms with Crippen LogP contribution in [0.5, 0.6) is 0 Å². The molecule has 3 nitrogen and oxygen atoms in total. The first-order valence-corrected chi connectivity index (χ1v) is 8.28. The summed E-state index contributed by atoms with van der Waals surface area (Å²) >= 11 is 3.56. The van der Waals surface area contributed by atoms with Gasteiger partial charge in [-0.15, -0.1) is 0 Å². The molecule has 2 aromatic rings. The summed E-state index contributed by atoms with van der Waals surface area (Å²) in [5.41, 5.74) is 2.90. The summed E-state index contributed by atoms with van der Waals surface area (Å²) in [5.74, 6) is -1.01.